The summed E-state index contributed by atoms with van der Waals surface area (Å²) < 4.78 is 15.1. The number of halogens is 1. The molecule has 1 aliphatic heterocycles. The molecule has 4 rings (SSSR count). The van der Waals surface area contributed by atoms with E-state index in [1.807, 2.05) is 27.1 Å². The third-order valence-corrected chi connectivity index (χ3v) is 4.79. The van der Waals surface area contributed by atoms with E-state index in [2.05, 4.69) is 30.6 Å². The molecule has 1 amide bonds. The molecule has 1 fully saturated rings. The maximum absolute atomic E-state index is 13.4. The molecule has 2 aromatic heterocycles. The highest BCUT2D eigenvalue weighted by Crippen LogP contribution is 2.29. The minimum atomic E-state index is -0.428. The van der Waals surface area contributed by atoms with Gasteiger partial charge in [0.05, 0.1) is 17.4 Å². The molecule has 0 aliphatic carbocycles. The van der Waals surface area contributed by atoms with Crippen LogP contribution in [0.2, 0.25) is 0 Å². The Hall–Kier alpha value is -3.49. The van der Waals surface area contributed by atoms with Crippen molar-refractivity contribution >= 4 is 23.4 Å². The molecule has 3 heterocycles. The van der Waals surface area contributed by atoms with Crippen molar-refractivity contribution < 1.29 is 9.18 Å². The van der Waals surface area contributed by atoms with Gasteiger partial charge in [0.25, 0.3) is 5.91 Å². The molecule has 3 aromatic rings. The van der Waals surface area contributed by atoms with Gasteiger partial charge in [-0.25, -0.2) is 9.37 Å². The number of anilines is 3. The predicted octanol–water partition coefficient (Wildman–Crippen LogP) is 2.41. The van der Waals surface area contributed by atoms with Gasteiger partial charge >= 0.3 is 0 Å². The van der Waals surface area contributed by atoms with Gasteiger partial charge in [-0.1, -0.05) is 6.07 Å². The molecule has 0 atom stereocenters. The van der Waals surface area contributed by atoms with Gasteiger partial charge in [0.2, 0.25) is 5.95 Å². The molecule has 1 saturated heterocycles. The van der Waals surface area contributed by atoms with Crippen LogP contribution in [-0.4, -0.2) is 44.3 Å². The lowest BCUT2D eigenvalue weighted by molar-refractivity contribution is 0.0888. The van der Waals surface area contributed by atoms with E-state index in [1.165, 1.54) is 18.2 Å². The number of carbonyl (C=O) groups is 1. The van der Waals surface area contributed by atoms with Crippen LogP contribution in [0.4, 0.5) is 21.8 Å². The van der Waals surface area contributed by atoms with Gasteiger partial charge in [0.15, 0.2) is 0 Å². The van der Waals surface area contributed by atoms with Crippen LogP contribution in [0.5, 0.6) is 0 Å². The molecule has 0 spiro atoms. The number of rotatable bonds is 5. The molecule has 0 saturated carbocycles. The molecule has 0 unspecified atom stereocenters. The van der Waals surface area contributed by atoms with Crippen LogP contribution in [-0.2, 0) is 7.05 Å². The number of aryl methyl sites for hydroxylation is 2. The molecule has 0 bridgehead atoms. The summed E-state index contributed by atoms with van der Waals surface area (Å²) >= 11 is 0. The largest absolute Gasteiger partial charge is 0.351 e. The van der Waals surface area contributed by atoms with Crippen LogP contribution < -0.4 is 15.5 Å². The fourth-order valence-electron chi connectivity index (χ4n) is 3.43. The monoisotopic (exact) mass is 395 g/mol. The lowest BCUT2D eigenvalue weighted by atomic mass is 9.91. The first kappa shape index (κ1) is 18.9. The highest BCUT2D eigenvalue weighted by molar-refractivity contribution is 5.95. The molecule has 9 heteroatoms. The Labute approximate surface area is 167 Å². The maximum Gasteiger partial charge on any atom is 0.251 e. The number of amides is 1. The minimum Gasteiger partial charge on any atom is -0.351 e. The molecule has 1 aromatic carbocycles. The van der Waals surface area contributed by atoms with Gasteiger partial charge in [-0.3, -0.25) is 9.48 Å². The molecule has 2 N–H and O–H groups in total. The fraction of sp³-hybridized carbons (Fsp3) is 0.300. The smallest absolute Gasteiger partial charge is 0.251 e. The Kier molecular flexibility index (Phi) is 4.65. The highest BCUT2D eigenvalue weighted by atomic mass is 19.1. The van der Waals surface area contributed by atoms with Gasteiger partial charge in [0.1, 0.15) is 11.6 Å². The molecule has 150 valence electrons. The normalized spacial score (nSPS) is 15.0. The second-order valence-electron chi connectivity index (χ2n) is 7.61. The Morgan fingerprint density at radius 1 is 1.28 bits per heavy atom. The fourth-order valence-corrected chi connectivity index (χ4v) is 3.43. The van der Waals surface area contributed by atoms with E-state index in [-0.39, 0.29) is 5.91 Å². The Morgan fingerprint density at radius 2 is 2.07 bits per heavy atom. The van der Waals surface area contributed by atoms with Gasteiger partial charge in [-0.15, -0.1) is 0 Å². The summed E-state index contributed by atoms with van der Waals surface area (Å²) in [6.45, 7) is 5.10. The summed E-state index contributed by atoms with van der Waals surface area (Å²) in [6.07, 6.45) is 5.30. The van der Waals surface area contributed by atoms with Crippen molar-refractivity contribution in [3.8, 4) is 0 Å². The zero-order chi connectivity index (χ0) is 20.6. The van der Waals surface area contributed by atoms with E-state index in [0.717, 1.165) is 17.1 Å². The van der Waals surface area contributed by atoms with E-state index in [1.54, 1.807) is 23.1 Å². The lowest BCUT2D eigenvalue weighted by Crippen LogP contribution is -2.69. The summed E-state index contributed by atoms with van der Waals surface area (Å²) in [5, 5.41) is 10.2. The third kappa shape index (κ3) is 4.03. The van der Waals surface area contributed by atoms with Crippen molar-refractivity contribution in [2.24, 2.45) is 7.05 Å². The molecule has 8 nitrogen and oxygen atoms in total. The number of hydrogen-bond acceptors (Lipinski definition) is 6. The van der Waals surface area contributed by atoms with Gasteiger partial charge < -0.3 is 15.5 Å². The number of nitrogens with zero attached hydrogens (tertiary/aromatic N) is 5. The quantitative estimate of drug-likeness (QED) is 0.690. The number of nitrogens with one attached hydrogen (secondary N) is 2. The van der Waals surface area contributed by atoms with E-state index < -0.39 is 11.4 Å². The molecule has 0 radical (unpaired) electrons. The average molecular weight is 395 g/mol. The maximum atomic E-state index is 13.4. The van der Waals surface area contributed by atoms with Gasteiger partial charge in [-0.05, 0) is 32.0 Å². The average Bonchev–Trinajstić information content (AvgIpc) is 3.06. The highest BCUT2D eigenvalue weighted by Gasteiger charge is 2.41. The van der Waals surface area contributed by atoms with Crippen molar-refractivity contribution in [1.82, 2.24) is 25.1 Å². The first-order chi connectivity index (χ1) is 13.8. The molecular weight excluding hydrogens is 373 g/mol. The van der Waals surface area contributed by atoms with Gasteiger partial charge in [-0.2, -0.15) is 10.1 Å². The SMILES string of the molecule is Cc1cnc(Nc2cnn(C)c2)nc1N1CC(C)(NC(=O)c2cccc(F)c2)C1. The summed E-state index contributed by atoms with van der Waals surface area (Å²) in [5.41, 5.74) is 1.64. The van der Waals surface area contributed by atoms with Crippen molar-refractivity contribution in [2.75, 3.05) is 23.3 Å². The van der Waals surface area contributed by atoms with Crippen molar-refractivity contribution in [2.45, 2.75) is 19.4 Å². The zero-order valence-corrected chi connectivity index (χ0v) is 16.5. The molecule has 1 aliphatic rings. The first-order valence-corrected chi connectivity index (χ1v) is 9.24. The standard InChI is InChI=1S/C20H22FN7O/c1-13-8-22-19(24-16-9-23-27(3)10-16)25-17(13)28-11-20(2,12-28)26-18(29)14-5-4-6-15(21)7-14/h4-10H,11-12H2,1-3H3,(H,26,29)(H,22,24,25). The summed E-state index contributed by atoms with van der Waals surface area (Å²) in [7, 11) is 1.84. The van der Waals surface area contributed by atoms with Crippen molar-refractivity contribution in [3.05, 3.63) is 59.8 Å². The van der Waals surface area contributed by atoms with E-state index >= 15 is 0 Å². The van der Waals surface area contributed by atoms with Gasteiger partial charge in [0, 0.05) is 43.7 Å². The topological polar surface area (TPSA) is 88.0 Å². The number of hydrogen-bond donors (Lipinski definition) is 2. The minimum absolute atomic E-state index is 0.287. The number of benzene rings is 1. The van der Waals surface area contributed by atoms with Crippen molar-refractivity contribution in [3.63, 3.8) is 0 Å². The summed E-state index contributed by atoms with van der Waals surface area (Å²) in [5.74, 6) is 0.577. The second-order valence-corrected chi connectivity index (χ2v) is 7.61. The van der Waals surface area contributed by atoms with Crippen LogP contribution in [0.15, 0.2) is 42.9 Å². The molecular formula is C20H22FN7O. The van der Waals surface area contributed by atoms with Crippen LogP contribution in [0.3, 0.4) is 0 Å². The third-order valence-electron chi connectivity index (χ3n) is 4.79. The van der Waals surface area contributed by atoms with Crippen LogP contribution in [0.1, 0.15) is 22.8 Å². The number of aromatic nitrogens is 4. The Balaban J connectivity index is 1.43. The van der Waals surface area contributed by atoms with Crippen LogP contribution >= 0.6 is 0 Å². The lowest BCUT2D eigenvalue weighted by Gasteiger charge is -2.49. The van der Waals surface area contributed by atoms with Crippen LogP contribution in [0.25, 0.3) is 0 Å². The Bertz CT molecular complexity index is 1060. The first-order valence-electron chi connectivity index (χ1n) is 9.24. The molecule has 29 heavy (non-hydrogen) atoms. The van der Waals surface area contributed by atoms with Crippen LogP contribution in [0, 0.1) is 12.7 Å². The van der Waals surface area contributed by atoms with E-state index in [9.17, 15) is 9.18 Å². The summed E-state index contributed by atoms with van der Waals surface area (Å²) in [4.78, 5) is 23.5. The van der Waals surface area contributed by atoms with E-state index in [4.69, 9.17) is 0 Å². The second kappa shape index (κ2) is 7.16. The predicted molar refractivity (Wildman–Crippen MR) is 108 cm³/mol. The Morgan fingerprint density at radius 3 is 2.76 bits per heavy atom. The summed E-state index contributed by atoms with van der Waals surface area (Å²) in [6, 6.07) is 5.68. The zero-order valence-electron chi connectivity index (χ0n) is 16.5. The van der Waals surface area contributed by atoms with Crippen molar-refractivity contribution in [1.29, 1.82) is 0 Å². The number of carbonyl (C=O) groups excluding carboxylic acids is 1. The van der Waals surface area contributed by atoms with E-state index in [0.29, 0.717) is 24.6 Å².